The van der Waals surface area contributed by atoms with E-state index in [1.54, 1.807) is 17.6 Å². The third-order valence-corrected chi connectivity index (χ3v) is 6.54. The quantitative estimate of drug-likeness (QED) is 0.568. The van der Waals surface area contributed by atoms with Crippen LogP contribution in [-0.4, -0.2) is 52.8 Å². The molecule has 7 nitrogen and oxygen atoms in total. The van der Waals surface area contributed by atoms with Crippen LogP contribution in [0.1, 0.15) is 41.4 Å². The first-order chi connectivity index (χ1) is 16.8. The lowest BCUT2D eigenvalue weighted by Crippen LogP contribution is -2.39. The lowest BCUT2D eigenvalue weighted by atomic mass is 9.99. The third kappa shape index (κ3) is 4.43. The van der Waals surface area contributed by atoms with E-state index in [-0.39, 0.29) is 23.7 Å². The first kappa shape index (κ1) is 23.5. The maximum Gasteiger partial charge on any atom is 0.266 e. The SMILES string of the molecule is Cc1nc(NCc2cccc(C(F)F)c2F)c2cc(C3=CCN(C)CC3)c(=O)n(C3COC3)c2n1. The van der Waals surface area contributed by atoms with Gasteiger partial charge >= 0.3 is 0 Å². The summed E-state index contributed by atoms with van der Waals surface area (Å²) in [5.41, 5.74) is 1.36. The number of hydrogen-bond acceptors (Lipinski definition) is 6. The fraction of sp³-hybridized carbons (Fsp3) is 0.400. The van der Waals surface area contributed by atoms with E-state index < -0.39 is 17.8 Å². The number of rotatable bonds is 6. The Hall–Kier alpha value is -3.24. The van der Waals surface area contributed by atoms with Gasteiger partial charge in [-0.1, -0.05) is 24.3 Å². The normalized spacial score (nSPS) is 17.0. The molecule has 0 atom stereocenters. The molecule has 0 bridgehead atoms. The molecule has 0 aliphatic carbocycles. The largest absolute Gasteiger partial charge is 0.377 e. The second-order valence-corrected chi connectivity index (χ2v) is 9.00. The molecule has 5 rings (SSSR count). The molecule has 2 aliphatic rings. The summed E-state index contributed by atoms with van der Waals surface area (Å²) in [6, 6.07) is 5.59. The van der Waals surface area contributed by atoms with Gasteiger partial charge in [0.15, 0.2) is 0 Å². The van der Waals surface area contributed by atoms with Crippen LogP contribution in [0, 0.1) is 12.7 Å². The van der Waals surface area contributed by atoms with Crippen molar-refractivity contribution in [2.75, 3.05) is 38.7 Å². The van der Waals surface area contributed by atoms with E-state index >= 15 is 0 Å². The molecule has 184 valence electrons. The van der Waals surface area contributed by atoms with Gasteiger partial charge in [-0.3, -0.25) is 9.36 Å². The van der Waals surface area contributed by atoms with E-state index in [0.29, 0.717) is 41.5 Å². The highest BCUT2D eigenvalue weighted by Crippen LogP contribution is 2.30. The van der Waals surface area contributed by atoms with Crippen LogP contribution in [0.5, 0.6) is 0 Å². The summed E-state index contributed by atoms with van der Waals surface area (Å²) in [4.78, 5) is 24.8. The Morgan fingerprint density at radius 2 is 2.06 bits per heavy atom. The topological polar surface area (TPSA) is 72.3 Å². The fourth-order valence-electron chi connectivity index (χ4n) is 4.49. The predicted octanol–water partition coefficient (Wildman–Crippen LogP) is 4.08. The zero-order valence-corrected chi connectivity index (χ0v) is 19.5. The molecular formula is C25H26F3N5O2. The molecule has 1 saturated heterocycles. The Morgan fingerprint density at radius 1 is 1.26 bits per heavy atom. The Kier molecular flexibility index (Phi) is 6.33. The maximum atomic E-state index is 14.6. The van der Waals surface area contributed by atoms with Crippen molar-refractivity contribution in [3.05, 3.63) is 69.0 Å². The van der Waals surface area contributed by atoms with E-state index in [4.69, 9.17) is 4.74 Å². The monoisotopic (exact) mass is 485 g/mol. The molecule has 0 amide bonds. The molecule has 10 heteroatoms. The summed E-state index contributed by atoms with van der Waals surface area (Å²) in [5, 5.41) is 3.71. The average molecular weight is 486 g/mol. The van der Waals surface area contributed by atoms with Crippen LogP contribution in [0.15, 0.2) is 35.1 Å². The number of fused-ring (bicyclic) bond motifs is 1. The standard InChI is InChI=1S/C25H26F3N5O2/c1-14-30-23(29-11-16-4-3-5-18(21(16)26)22(27)28)20-10-19(15-6-8-32(2)9-7-15)25(34)33(24(20)31-14)17-12-35-13-17/h3-6,10,17,22H,7-9,11-13H2,1-2H3,(H,29,30,31). The van der Waals surface area contributed by atoms with Crippen molar-refractivity contribution < 1.29 is 17.9 Å². The first-order valence-corrected chi connectivity index (χ1v) is 11.5. The number of nitrogens with zero attached hydrogens (tertiary/aromatic N) is 4. The van der Waals surface area contributed by atoms with Crippen LogP contribution in [0.3, 0.4) is 0 Å². The minimum Gasteiger partial charge on any atom is -0.377 e. The van der Waals surface area contributed by atoms with E-state index in [1.165, 1.54) is 12.1 Å². The van der Waals surface area contributed by atoms with Gasteiger partial charge in [0.25, 0.3) is 12.0 Å². The second kappa shape index (κ2) is 9.43. The van der Waals surface area contributed by atoms with E-state index in [0.717, 1.165) is 31.1 Å². The fourth-order valence-corrected chi connectivity index (χ4v) is 4.49. The number of aromatic nitrogens is 3. The van der Waals surface area contributed by atoms with Gasteiger partial charge in [0, 0.05) is 30.8 Å². The Bertz CT molecular complexity index is 1370. The molecule has 2 aliphatic heterocycles. The number of ether oxygens (including phenoxy) is 1. The molecular weight excluding hydrogens is 459 g/mol. The lowest BCUT2D eigenvalue weighted by molar-refractivity contribution is -0.0231. The van der Waals surface area contributed by atoms with Crippen LogP contribution < -0.4 is 10.9 Å². The molecule has 1 N–H and O–H groups in total. The highest BCUT2D eigenvalue weighted by Gasteiger charge is 2.28. The smallest absolute Gasteiger partial charge is 0.266 e. The van der Waals surface area contributed by atoms with Gasteiger partial charge in [-0.05, 0) is 32.0 Å². The van der Waals surface area contributed by atoms with Crippen LogP contribution in [-0.2, 0) is 11.3 Å². The number of benzene rings is 1. The van der Waals surface area contributed by atoms with Gasteiger partial charge in [0.2, 0.25) is 0 Å². The first-order valence-electron chi connectivity index (χ1n) is 11.5. The van der Waals surface area contributed by atoms with Crippen molar-refractivity contribution in [3.63, 3.8) is 0 Å². The van der Waals surface area contributed by atoms with Crippen molar-refractivity contribution in [2.24, 2.45) is 0 Å². The molecule has 0 radical (unpaired) electrons. The zero-order chi connectivity index (χ0) is 24.7. The number of likely N-dealkylation sites (N-methyl/N-ethyl adjacent to an activating group) is 1. The van der Waals surface area contributed by atoms with Gasteiger partial charge < -0.3 is 15.0 Å². The Labute approximate surface area is 200 Å². The third-order valence-electron chi connectivity index (χ3n) is 6.54. The van der Waals surface area contributed by atoms with E-state index in [1.807, 2.05) is 7.05 Å². The van der Waals surface area contributed by atoms with Crippen molar-refractivity contribution in [3.8, 4) is 0 Å². The minimum absolute atomic E-state index is 0.0492. The van der Waals surface area contributed by atoms with Crippen molar-refractivity contribution in [1.82, 2.24) is 19.4 Å². The lowest BCUT2D eigenvalue weighted by Gasteiger charge is -2.30. The van der Waals surface area contributed by atoms with Gasteiger partial charge in [-0.25, -0.2) is 23.1 Å². The molecule has 0 spiro atoms. The van der Waals surface area contributed by atoms with Gasteiger partial charge in [0.1, 0.15) is 23.1 Å². The maximum absolute atomic E-state index is 14.6. The van der Waals surface area contributed by atoms with Crippen LogP contribution >= 0.6 is 0 Å². The molecule has 4 heterocycles. The summed E-state index contributed by atoms with van der Waals surface area (Å²) in [6.07, 6.45) is -0.109. The van der Waals surface area contributed by atoms with Gasteiger partial charge in [-0.15, -0.1) is 0 Å². The van der Waals surface area contributed by atoms with Crippen molar-refractivity contribution in [1.29, 1.82) is 0 Å². The molecule has 3 aromatic rings. The van der Waals surface area contributed by atoms with Gasteiger partial charge in [-0.2, -0.15) is 0 Å². The zero-order valence-electron chi connectivity index (χ0n) is 19.5. The highest BCUT2D eigenvalue weighted by atomic mass is 19.3. The average Bonchev–Trinajstić information content (AvgIpc) is 2.79. The second-order valence-electron chi connectivity index (χ2n) is 9.00. The van der Waals surface area contributed by atoms with Crippen molar-refractivity contribution in [2.45, 2.75) is 32.4 Å². The minimum atomic E-state index is -2.90. The van der Waals surface area contributed by atoms with E-state index in [9.17, 15) is 18.0 Å². The molecule has 1 fully saturated rings. The molecule has 0 saturated carbocycles. The molecule has 1 aromatic carbocycles. The number of pyridine rings is 1. The Balaban J connectivity index is 1.61. The highest BCUT2D eigenvalue weighted by molar-refractivity contribution is 5.90. The number of halogens is 3. The summed E-state index contributed by atoms with van der Waals surface area (Å²) < 4.78 is 47.9. The molecule has 2 aromatic heterocycles. The molecule has 35 heavy (non-hydrogen) atoms. The number of aryl methyl sites for hydroxylation is 1. The summed E-state index contributed by atoms with van der Waals surface area (Å²) >= 11 is 0. The predicted molar refractivity (Wildman–Crippen MR) is 127 cm³/mol. The van der Waals surface area contributed by atoms with Crippen LogP contribution in [0.4, 0.5) is 19.0 Å². The number of hydrogen-bond donors (Lipinski definition) is 1. The molecule has 0 unspecified atom stereocenters. The number of anilines is 1. The number of nitrogens with one attached hydrogen (secondary N) is 1. The summed E-state index contributed by atoms with van der Waals surface area (Å²) in [6.45, 7) is 4.07. The number of alkyl halides is 2. The Morgan fingerprint density at radius 3 is 2.71 bits per heavy atom. The summed E-state index contributed by atoms with van der Waals surface area (Å²) in [5.74, 6) is -0.0923. The summed E-state index contributed by atoms with van der Waals surface area (Å²) in [7, 11) is 2.03. The van der Waals surface area contributed by atoms with Crippen molar-refractivity contribution >= 4 is 22.4 Å². The van der Waals surface area contributed by atoms with Gasteiger partial charge in [0.05, 0.1) is 30.2 Å². The van der Waals surface area contributed by atoms with E-state index in [2.05, 4.69) is 26.3 Å². The van der Waals surface area contributed by atoms with Crippen LogP contribution in [0.2, 0.25) is 0 Å². The van der Waals surface area contributed by atoms with Crippen LogP contribution in [0.25, 0.3) is 16.6 Å².